The van der Waals surface area contributed by atoms with Crippen LogP contribution in [-0.4, -0.2) is 31.8 Å². The van der Waals surface area contributed by atoms with E-state index >= 15 is 0 Å². The lowest BCUT2D eigenvalue weighted by Gasteiger charge is -2.15. The van der Waals surface area contributed by atoms with E-state index in [1.54, 1.807) is 32.4 Å². The second-order valence-corrected chi connectivity index (χ2v) is 7.68. The predicted molar refractivity (Wildman–Crippen MR) is 130 cm³/mol. The Morgan fingerprint density at radius 1 is 0.943 bits per heavy atom. The monoisotopic (exact) mass is 463 g/mol. The van der Waals surface area contributed by atoms with Crippen molar-refractivity contribution < 1.29 is 0 Å². The Labute approximate surface area is 201 Å². The van der Waals surface area contributed by atoms with E-state index in [-0.39, 0.29) is 17.3 Å². The van der Waals surface area contributed by atoms with Crippen LogP contribution in [-0.2, 0) is 0 Å². The van der Waals surface area contributed by atoms with Gasteiger partial charge < -0.3 is 10.6 Å². The van der Waals surface area contributed by atoms with Gasteiger partial charge in [0, 0.05) is 30.7 Å². The Morgan fingerprint density at radius 3 is 2.29 bits per heavy atom. The minimum atomic E-state index is 0.163. The van der Waals surface area contributed by atoms with E-state index in [9.17, 15) is 10.5 Å². The summed E-state index contributed by atoms with van der Waals surface area (Å²) in [6.07, 6.45) is 4.49. The number of benzene rings is 1. The highest BCUT2D eigenvalue weighted by atomic mass is 15.4. The van der Waals surface area contributed by atoms with Gasteiger partial charge in [0.25, 0.3) is 5.95 Å². The van der Waals surface area contributed by atoms with Crippen LogP contribution in [0.5, 0.6) is 0 Å². The van der Waals surface area contributed by atoms with Crippen LogP contribution in [0.1, 0.15) is 27.8 Å². The highest BCUT2D eigenvalue weighted by molar-refractivity contribution is 5.76. The number of aromatic nitrogens is 5. The van der Waals surface area contributed by atoms with E-state index in [2.05, 4.69) is 53.0 Å². The predicted octanol–water partition coefficient (Wildman–Crippen LogP) is 4.93. The van der Waals surface area contributed by atoms with Crippen LogP contribution in [0, 0.1) is 43.4 Å². The molecule has 2 N–H and O–H groups in total. The first-order valence-corrected chi connectivity index (χ1v) is 10.6. The summed E-state index contributed by atoms with van der Waals surface area (Å²) in [6.45, 7) is 5.78. The van der Waals surface area contributed by atoms with Crippen molar-refractivity contribution in [1.29, 1.82) is 10.5 Å². The molecule has 11 heteroatoms. The van der Waals surface area contributed by atoms with E-state index in [0.717, 1.165) is 16.8 Å². The maximum atomic E-state index is 9.91. The van der Waals surface area contributed by atoms with Gasteiger partial charge in [0.1, 0.15) is 23.4 Å². The minimum Gasteiger partial charge on any atom is -0.371 e. The topological polar surface area (TPSA) is 153 Å². The summed E-state index contributed by atoms with van der Waals surface area (Å²) in [5, 5.41) is 38.5. The van der Waals surface area contributed by atoms with Gasteiger partial charge in [-0.2, -0.15) is 20.3 Å². The fourth-order valence-electron chi connectivity index (χ4n) is 3.56. The van der Waals surface area contributed by atoms with E-state index in [1.165, 1.54) is 10.9 Å². The molecule has 0 saturated carbocycles. The molecule has 4 aromatic rings. The largest absolute Gasteiger partial charge is 0.371 e. The normalized spacial score (nSPS) is 10.7. The minimum absolute atomic E-state index is 0.163. The molecule has 3 heterocycles. The SMILES string of the molecule is CNc1nc(Nc2cc(C)cc(C)c2)c(C#N)c(C)c1N=Nc1c(C#N)cnn1-c1ncccn1. The van der Waals surface area contributed by atoms with Gasteiger partial charge in [0.05, 0.1) is 11.8 Å². The molecule has 0 bridgehead atoms. The number of nitriles is 2. The number of anilines is 3. The van der Waals surface area contributed by atoms with E-state index in [0.29, 0.717) is 28.5 Å². The molecule has 0 unspecified atom stereocenters. The van der Waals surface area contributed by atoms with Gasteiger partial charge in [0.2, 0.25) is 0 Å². The fourth-order valence-corrected chi connectivity index (χ4v) is 3.56. The van der Waals surface area contributed by atoms with Crippen molar-refractivity contribution in [2.45, 2.75) is 20.8 Å². The van der Waals surface area contributed by atoms with E-state index in [1.807, 2.05) is 32.0 Å². The lowest BCUT2D eigenvalue weighted by atomic mass is 10.1. The molecule has 0 aliphatic heterocycles. The van der Waals surface area contributed by atoms with Crippen molar-refractivity contribution in [3.8, 4) is 18.1 Å². The van der Waals surface area contributed by atoms with E-state index in [4.69, 9.17) is 0 Å². The zero-order valence-electron chi connectivity index (χ0n) is 19.6. The molecule has 0 saturated heterocycles. The third-order valence-electron chi connectivity index (χ3n) is 5.10. The average molecular weight is 464 g/mol. The van der Waals surface area contributed by atoms with Crippen LogP contribution >= 0.6 is 0 Å². The zero-order valence-corrected chi connectivity index (χ0v) is 19.6. The van der Waals surface area contributed by atoms with Crippen LogP contribution in [0.2, 0.25) is 0 Å². The fraction of sp³-hybridized carbons (Fsp3) is 0.167. The Kier molecular flexibility index (Phi) is 6.42. The summed E-state index contributed by atoms with van der Waals surface area (Å²) in [4.78, 5) is 12.9. The molecule has 0 amide bonds. The van der Waals surface area contributed by atoms with Crippen molar-refractivity contribution in [1.82, 2.24) is 24.7 Å². The van der Waals surface area contributed by atoms with Crippen molar-refractivity contribution in [3.63, 3.8) is 0 Å². The molecule has 0 atom stereocenters. The van der Waals surface area contributed by atoms with Crippen LogP contribution in [0.15, 0.2) is 53.1 Å². The van der Waals surface area contributed by atoms with Crippen molar-refractivity contribution in [2.75, 3.05) is 17.7 Å². The standard InChI is InChI=1S/C24H21N11/c1-14-8-15(2)10-18(9-14)31-21-19(12-26)16(3)20(22(27-4)32-21)33-34-23-17(11-25)13-30-35(23)24-28-6-5-7-29-24/h5-10,13H,1-4H3,(H2,27,31,32). The van der Waals surface area contributed by atoms with Crippen molar-refractivity contribution >= 4 is 28.8 Å². The number of nitrogens with zero attached hydrogens (tertiary/aromatic N) is 9. The second kappa shape index (κ2) is 9.77. The number of rotatable bonds is 6. The lowest BCUT2D eigenvalue weighted by molar-refractivity contribution is 0.803. The summed E-state index contributed by atoms with van der Waals surface area (Å²) >= 11 is 0. The molecule has 4 rings (SSSR count). The summed E-state index contributed by atoms with van der Waals surface area (Å²) in [6, 6.07) is 12.0. The van der Waals surface area contributed by atoms with Crippen LogP contribution in [0.25, 0.3) is 5.95 Å². The number of hydrogen-bond donors (Lipinski definition) is 2. The van der Waals surface area contributed by atoms with Crippen LogP contribution in [0.3, 0.4) is 0 Å². The van der Waals surface area contributed by atoms with Crippen molar-refractivity contribution in [2.24, 2.45) is 10.2 Å². The molecular weight excluding hydrogens is 442 g/mol. The number of pyridine rings is 1. The van der Waals surface area contributed by atoms with Gasteiger partial charge in [-0.25, -0.2) is 15.0 Å². The molecule has 0 radical (unpaired) electrons. The maximum Gasteiger partial charge on any atom is 0.252 e. The molecule has 1 aromatic carbocycles. The first-order valence-electron chi connectivity index (χ1n) is 10.6. The number of hydrogen-bond acceptors (Lipinski definition) is 10. The Hall–Kier alpha value is -5.16. The quantitative estimate of drug-likeness (QED) is 0.382. The number of azo groups is 1. The molecule has 0 spiro atoms. The molecule has 3 aromatic heterocycles. The first-order chi connectivity index (χ1) is 16.9. The van der Waals surface area contributed by atoms with Crippen LogP contribution < -0.4 is 10.6 Å². The molecule has 11 nitrogen and oxygen atoms in total. The Morgan fingerprint density at radius 2 is 1.66 bits per heavy atom. The zero-order chi connectivity index (χ0) is 24.9. The third-order valence-corrected chi connectivity index (χ3v) is 5.10. The summed E-state index contributed by atoms with van der Waals surface area (Å²) in [5.74, 6) is 1.23. The average Bonchev–Trinajstić information content (AvgIpc) is 3.26. The Balaban J connectivity index is 1.79. The molecule has 0 aliphatic rings. The van der Waals surface area contributed by atoms with Gasteiger partial charge in [-0.15, -0.1) is 10.2 Å². The molecule has 0 aliphatic carbocycles. The molecule has 172 valence electrons. The van der Waals surface area contributed by atoms with Gasteiger partial charge in [-0.3, -0.25) is 0 Å². The van der Waals surface area contributed by atoms with Gasteiger partial charge in [-0.05, 0) is 50.1 Å². The lowest BCUT2D eigenvalue weighted by Crippen LogP contribution is -2.04. The summed E-state index contributed by atoms with van der Waals surface area (Å²) in [5.41, 5.74) is 4.48. The number of nitrogens with one attached hydrogen (secondary N) is 2. The van der Waals surface area contributed by atoms with Gasteiger partial charge in [0.15, 0.2) is 17.5 Å². The highest BCUT2D eigenvalue weighted by Gasteiger charge is 2.19. The number of aryl methyl sites for hydroxylation is 2. The van der Waals surface area contributed by atoms with Crippen molar-refractivity contribution in [3.05, 3.63) is 70.7 Å². The maximum absolute atomic E-state index is 9.91. The summed E-state index contributed by atoms with van der Waals surface area (Å²) < 4.78 is 1.32. The highest BCUT2D eigenvalue weighted by Crippen LogP contribution is 2.36. The molecular formula is C24H21N11. The molecule has 35 heavy (non-hydrogen) atoms. The third kappa shape index (κ3) is 4.65. The smallest absolute Gasteiger partial charge is 0.252 e. The van der Waals surface area contributed by atoms with Gasteiger partial charge in [-0.1, -0.05) is 6.07 Å². The van der Waals surface area contributed by atoms with Crippen LogP contribution in [0.4, 0.5) is 28.8 Å². The van der Waals surface area contributed by atoms with E-state index < -0.39 is 0 Å². The summed E-state index contributed by atoms with van der Waals surface area (Å²) in [7, 11) is 1.70. The Bertz CT molecular complexity index is 1490. The molecule has 0 fully saturated rings. The van der Waals surface area contributed by atoms with Gasteiger partial charge >= 0.3 is 0 Å². The first kappa shape index (κ1) is 23.0. The second-order valence-electron chi connectivity index (χ2n) is 7.68.